The highest BCUT2D eigenvalue weighted by atomic mass is 32.2. The van der Waals surface area contributed by atoms with Crippen molar-refractivity contribution in [3.63, 3.8) is 0 Å². The number of halogens is 1. The molecular weight excluding hydrogens is 301 g/mol. The summed E-state index contributed by atoms with van der Waals surface area (Å²) in [4.78, 5) is 13.8. The monoisotopic (exact) mass is 321 g/mol. The summed E-state index contributed by atoms with van der Waals surface area (Å²) >= 11 is 1.93. The molecule has 5 heteroatoms. The smallest absolute Gasteiger partial charge is 0.261 e. The van der Waals surface area contributed by atoms with E-state index in [0.29, 0.717) is 18.0 Å². The van der Waals surface area contributed by atoms with E-state index in [1.807, 2.05) is 11.8 Å². The van der Waals surface area contributed by atoms with Gasteiger partial charge in [0.25, 0.3) is 5.91 Å². The van der Waals surface area contributed by atoms with E-state index in [2.05, 4.69) is 12.3 Å². The molecule has 118 valence electrons. The first kappa shape index (κ1) is 15.4. The zero-order valence-corrected chi connectivity index (χ0v) is 13.4. The Hall–Kier alpha value is -1.49. The molecule has 1 amide bonds. The second kappa shape index (κ2) is 6.32. The maximum Gasteiger partial charge on any atom is 0.261 e. The number of carbonyl (C=O) groups excluding carboxylic acids is 1. The summed E-state index contributed by atoms with van der Waals surface area (Å²) in [5.74, 6) is -1.14. The van der Waals surface area contributed by atoms with E-state index in [9.17, 15) is 14.3 Å². The van der Waals surface area contributed by atoms with Crippen LogP contribution in [0.1, 0.15) is 41.6 Å². The van der Waals surface area contributed by atoms with Gasteiger partial charge in [-0.3, -0.25) is 4.79 Å². The van der Waals surface area contributed by atoms with Crippen LogP contribution in [-0.2, 0) is 6.54 Å². The average molecular weight is 321 g/mol. The summed E-state index contributed by atoms with van der Waals surface area (Å²) in [5, 5.41) is 10.2. The lowest BCUT2D eigenvalue weighted by atomic mass is 9.89. The summed E-state index contributed by atoms with van der Waals surface area (Å²) in [6.45, 7) is 0.377. The van der Waals surface area contributed by atoms with Gasteiger partial charge in [-0.1, -0.05) is 12.1 Å². The molecule has 1 aromatic rings. The van der Waals surface area contributed by atoms with Gasteiger partial charge in [0.2, 0.25) is 0 Å². The number of phenolic OH excluding ortho intramolecular Hbond substituents is 1. The van der Waals surface area contributed by atoms with Crippen LogP contribution in [-0.4, -0.2) is 27.4 Å². The van der Waals surface area contributed by atoms with E-state index in [1.54, 1.807) is 12.3 Å². The Balaban J connectivity index is 1.67. The summed E-state index contributed by atoms with van der Waals surface area (Å²) in [5.41, 5.74) is 0.645. The van der Waals surface area contributed by atoms with E-state index in [-0.39, 0.29) is 11.5 Å². The minimum absolute atomic E-state index is 0.00995. The van der Waals surface area contributed by atoms with Crippen molar-refractivity contribution >= 4 is 17.7 Å². The number of allylic oxidation sites excluding steroid dienone is 1. The summed E-state index contributed by atoms with van der Waals surface area (Å²) in [6, 6.07) is 2.92. The molecule has 1 aliphatic heterocycles. The molecule has 1 fully saturated rings. The number of hydrogen-bond acceptors (Lipinski definition) is 3. The van der Waals surface area contributed by atoms with Gasteiger partial charge in [0, 0.05) is 11.4 Å². The normalized spacial score (nSPS) is 25.0. The number of thioether (sulfide) groups is 1. The van der Waals surface area contributed by atoms with E-state index in [1.165, 1.54) is 23.8 Å². The number of hydrogen-bond donors (Lipinski definition) is 1. The Labute approximate surface area is 134 Å². The van der Waals surface area contributed by atoms with Crippen molar-refractivity contribution in [1.82, 2.24) is 4.90 Å². The molecule has 22 heavy (non-hydrogen) atoms. The topological polar surface area (TPSA) is 40.5 Å². The first-order valence-electron chi connectivity index (χ1n) is 7.62. The fourth-order valence-electron chi connectivity index (χ4n) is 3.23. The molecule has 3 nitrogen and oxygen atoms in total. The third-order valence-corrected chi connectivity index (χ3v) is 5.75. The molecule has 1 aromatic carbocycles. The van der Waals surface area contributed by atoms with Gasteiger partial charge in [-0.25, -0.2) is 4.39 Å². The van der Waals surface area contributed by atoms with E-state index >= 15 is 0 Å². The van der Waals surface area contributed by atoms with Crippen LogP contribution >= 0.6 is 11.8 Å². The largest absolute Gasteiger partial charge is 0.505 e. The van der Waals surface area contributed by atoms with Gasteiger partial charge >= 0.3 is 0 Å². The highest BCUT2D eigenvalue weighted by molar-refractivity contribution is 7.99. The fraction of sp³-hybridized carbons (Fsp3) is 0.471. The number of amides is 1. The molecule has 1 saturated carbocycles. The number of rotatable bonds is 3. The van der Waals surface area contributed by atoms with Crippen LogP contribution in [0.5, 0.6) is 5.75 Å². The molecule has 1 aliphatic carbocycles. The Morgan fingerprint density at radius 1 is 1.32 bits per heavy atom. The molecule has 0 atom stereocenters. The number of fused-ring (bicyclic) bond motifs is 1. The summed E-state index contributed by atoms with van der Waals surface area (Å²) in [6.07, 6.45) is 10.8. The molecule has 1 N–H and O–H groups in total. The molecule has 2 aliphatic rings. The number of nitrogens with zero attached hydrogens (tertiary/aromatic N) is 1. The number of aromatic hydroxyl groups is 1. The molecular formula is C17H20FNO2S. The third kappa shape index (κ3) is 2.86. The zero-order valence-electron chi connectivity index (χ0n) is 12.6. The van der Waals surface area contributed by atoms with Crippen LogP contribution in [0.2, 0.25) is 0 Å². The van der Waals surface area contributed by atoms with Crippen LogP contribution in [0.3, 0.4) is 0 Å². The van der Waals surface area contributed by atoms with Gasteiger partial charge < -0.3 is 10.0 Å². The van der Waals surface area contributed by atoms with E-state index in [0.717, 1.165) is 18.1 Å². The van der Waals surface area contributed by atoms with Gasteiger partial charge in [-0.05, 0) is 49.5 Å². The fourth-order valence-corrected chi connectivity index (χ4v) is 3.97. The van der Waals surface area contributed by atoms with Crippen LogP contribution in [0.4, 0.5) is 4.39 Å². The first-order chi connectivity index (χ1) is 10.6. The van der Waals surface area contributed by atoms with Crippen LogP contribution in [0, 0.1) is 11.7 Å². The Morgan fingerprint density at radius 2 is 2.05 bits per heavy atom. The third-order valence-electron chi connectivity index (χ3n) is 4.61. The van der Waals surface area contributed by atoms with Gasteiger partial charge in [-0.2, -0.15) is 11.8 Å². The number of benzene rings is 1. The lowest BCUT2D eigenvalue weighted by molar-refractivity contribution is 0.0837. The summed E-state index contributed by atoms with van der Waals surface area (Å²) < 4.78 is 13.9. The molecule has 0 spiro atoms. The molecule has 3 rings (SSSR count). The standard InChI is InChI=1S/C17H20FNO2S/c1-22-13-5-2-11(3-6-13)8-9-19-10-12-4-7-14(20)16(18)15(12)17(19)21/h4,7-9,11,13,20H,2-3,5-6,10H2,1H3. The Morgan fingerprint density at radius 3 is 2.73 bits per heavy atom. The molecule has 0 radical (unpaired) electrons. The quantitative estimate of drug-likeness (QED) is 0.917. The van der Waals surface area contributed by atoms with Crippen molar-refractivity contribution in [2.75, 3.05) is 6.26 Å². The van der Waals surface area contributed by atoms with Crippen LogP contribution < -0.4 is 0 Å². The lowest BCUT2D eigenvalue weighted by Crippen LogP contribution is -2.19. The molecule has 0 saturated heterocycles. The van der Waals surface area contributed by atoms with Gasteiger partial charge in [-0.15, -0.1) is 0 Å². The van der Waals surface area contributed by atoms with Crippen LogP contribution in [0.25, 0.3) is 0 Å². The van der Waals surface area contributed by atoms with E-state index in [4.69, 9.17) is 0 Å². The maximum absolute atomic E-state index is 13.9. The van der Waals surface area contributed by atoms with Crippen molar-refractivity contribution in [1.29, 1.82) is 0 Å². The Bertz CT molecular complexity index is 609. The predicted molar refractivity (Wildman–Crippen MR) is 86.3 cm³/mol. The second-order valence-electron chi connectivity index (χ2n) is 5.98. The molecule has 1 heterocycles. The minimum Gasteiger partial charge on any atom is -0.505 e. The molecule has 0 unspecified atom stereocenters. The van der Waals surface area contributed by atoms with Crippen molar-refractivity contribution in [3.8, 4) is 5.75 Å². The van der Waals surface area contributed by atoms with E-state index < -0.39 is 11.6 Å². The average Bonchev–Trinajstić information content (AvgIpc) is 2.86. The highest BCUT2D eigenvalue weighted by Crippen LogP contribution is 2.33. The van der Waals surface area contributed by atoms with Crippen LogP contribution in [0.15, 0.2) is 24.4 Å². The van der Waals surface area contributed by atoms with Gasteiger partial charge in [0.1, 0.15) is 0 Å². The van der Waals surface area contributed by atoms with Gasteiger partial charge in [0.15, 0.2) is 11.6 Å². The second-order valence-corrected chi connectivity index (χ2v) is 7.12. The van der Waals surface area contributed by atoms with Crippen molar-refractivity contribution in [2.45, 2.75) is 37.5 Å². The zero-order chi connectivity index (χ0) is 15.7. The molecule has 0 bridgehead atoms. The number of phenols is 1. The minimum atomic E-state index is -0.807. The van der Waals surface area contributed by atoms with Crippen molar-refractivity contribution in [2.24, 2.45) is 5.92 Å². The molecule has 0 aromatic heterocycles. The SMILES string of the molecule is CSC1CCC(C=CN2Cc3ccc(O)c(F)c3C2=O)CC1. The first-order valence-corrected chi connectivity index (χ1v) is 8.91. The summed E-state index contributed by atoms with van der Waals surface area (Å²) in [7, 11) is 0. The highest BCUT2D eigenvalue weighted by Gasteiger charge is 2.31. The number of carbonyl (C=O) groups is 1. The Kier molecular flexibility index (Phi) is 4.43. The van der Waals surface area contributed by atoms with Crippen molar-refractivity contribution in [3.05, 3.63) is 41.4 Å². The van der Waals surface area contributed by atoms with Gasteiger partial charge in [0.05, 0.1) is 12.1 Å². The maximum atomic E-state index is 13.9. The predicted octanol–water partition coefficient (Wildman–Crippen LogP) is 3.92. The lowest BCUT2D eigenvalue weighted by Gasteiger charge is -2.25. The van der Waals surface area contributed by atoms with Crippen molar-refractivity contribution < 1.29 is 14.3 Å².